The summed E-state index contributed by atoms with van der Waals surface area (Å²) in [5, 5.41) is 0. The second-order valence-corrected chi connectivity index (χ2v) is 8.78. The number of nitrogens with zero attached hydrogens (tertiary/aromatic N) is 3. The third-order valence-corrected chi connectivity index (χ3v) is 6.72. The van der Waals surface area contributed by atoms with Gasteiger partial charge in [-0.2, -0.15) is 0 Å². The molecule has 1 fully saturated rings. The molecule has 0 aromatic heterocycles. The van der Waals surface area contributed by atoms with Crippen LogP contribution in [0.15, 0.2) is 23.9 Å². The molecule has 2 heterocycles. The zero-order chi connectivity index (χ0) is 22.9. The van der Waals surface area contributed by atoms with Crippen LogP contribution in [0.2, 0.25) is 0 Å². The molecule has 7 nitrogen and oxygen atoms in total. The van der Waals surface area contributed by atoms with Crippen LogP contribution in [0, 0.1) is 5.92 Å². The van der Waals surface area contributed by atoms with Crippen molar-refractivity contribution in [2.24, 2.45) is 5.92 Å². The van der Waals surface area contributed by atoms with Crippen LogP contribution in [0.1, 0.15) is 45.2 Å². The number of allylic oxidation sites excluding steroid dienone is 1. The van der Waals surface area contributed by atoms with Crippen LogP contribution in [0.25, 0.3) is 0 Å². The predicted molar refractivity (Wildman–Crippen MR) is 120 cm³/mol. The Balaban J connectivity index is 2.06. The van der Waals surface area contributed by atoms with E-state index in [4.69, 9.17) is 9.47 Å². The van der Waals surface area contributed by atoms with Gasteiger partial charge in [-0.3, -0.25) is 9.69 Å². The van der Waals surface area contributed by atoms with Gasteiger partial charge >= 0.3 is 6.03 Å². The molecule has 1 aromatic rings. The normalized spacial score (nSPS) is 24.5. The molecule has 1 unspecified atom stereocenters. The lowest BCUT2D eigenvalue weighted by Crippen LogP contribution is -2.46. The van der Waals surface area contributed by atoms with Gasteiger partial charge in [0.1, 0.15) is 11.5 Å². The van der Waals surface area contributed by atoms with Crippen molar-refractivity contribution in [3.8, 4) is 11.5 Å². The van der Waals surface area contributed by atoms with Crippen molar-refractivity contribution in [1.29, 1.82) is 0 Å². The van der Waals surface area contributed by atoms with Crippen LogP contribution in [0.4, 0.5) is 4.79 Å². The lowest BCUT2D eigenvalue weighted by Gasteiger charge is -2.36. The van der Waals surface area contributed by atoms with E-state index in [0.717, 1.165) is 34.7 Å². The standard InChI is InChI=1S/C24H35N3O4/c1-8-27-23(29)26-15-18-13-19(30-6)14-21(31-7)20(18)11-16(2)12-22(26)24(27,4)9-10-25(5)17(3)28/h12-14,16H,8-11,15H2,1-7H3/b22-12-/t16-,24?/m1/s1. The van der Waals surface area contributed by atoms with Gasteiger partial charge in [0.25, 0.3) is 0 Å². The minimum absolute atomic E-state index is 0.00330. The predicted octanol–water partition coefficient (Wildman–Crippen LogP) is 3.66. The lowest BCUT2D eigenvalue weighted by molar-refractivity contribution is -0.127. The van der Waals surface area contributed by atoms with Gasteiger partial charge in [0.15, 0.2) is 0 Å². The molecule has 0 aliphatic carbocycles. The molecule has 2 aliphatic heterocycles. The molecule has 7 heteroatoms. The summed E-state index contributed by atoms with van der Waals surface area (Å²) in [5.74, 6) is 1.76. The molecule has 0 bridgehead atoms. The van der Waals surface area contributed by atoms with E-state index in [1.807, 2.05) is 28.9 Å². The Morgan fingerprint density at radius 3 is 2.58 bits per heavy atom. The quantitative estimate of drug-likeness (QED) is 0.692. The van der Waals surface area contributed by atoms with Crippen molar-refractivity contribution in [2.75, 3.05) is 34.4 Å². The van der Waals surface area contributed by atoms with E-state index in [0.29, 0.717) is 26.1 Å². The van der Waals surface area contributed by atoms with Gasteiger partial charge in [-0.05, 0) is 49.8 Å². The maximum absolute atomic E-state index is 13.5. The van der Waals surface area contributed by atoms with Gasteiger partial charge in [-0.15, -0.1) is 0 Å². The van der Waals surface area contributed by atoms with Crippen LogP contribution in [-0.4, -0.2) is 66.5 Å². The highest BCUT2D eigenvalue weighted by atomic mass is 16.5. The Morgan fingerprint density at radius 1 is 1.29 bits per heavy atom. The topological polar surface area (TPSA) is 62.3 Å². The number of ether oxygens (including phenoxy) is 2. The summed E-state index contributed by atoms with van der Waals surface area (Å²) in [5.41, 5.74) is 2.72. The summed E-state index contributed by atoms with van der Waals surface area (Å²) in [6.07, 6.45) is 3.74. The van der Waals surface area contributed by atoms with E-state index < -0.39 is 5.54 Å². The first kappa shape index (κ1) is 23.0. The van der Waals surface area contributed by atoms with Crippen LogP contribution in [0.3, 0.4) is 0 Å². The van der Waals surface area contributed by atoms with Gasteiger partial charge < -0.3 is 19.3 Å². The summed E-state index contributed by atoms with van der Waals surface area (Å²) in [6.45, 7) is 9.54. The number of carbonyl (C=O) groups is 2. The Morgan fingerprint density at radius 2 is 2.00 bits per heavy atom. The lowest BCUT2D eigenvalue weighted by atomic mass is 9.86. The van der Waals surface area contributed by atoms with Crippen molar-refractivity contribution < 1.29 is 19.1 Å². The highest BCUT2D eigenvalue weighted by Crippen LogP contribution is 2.43. The molecular weight excluding hydrogens is 394 g/mol. The van der Waals surface area contributed by atoms with E-state index >= 15 is 0 Å². The Kier molecular flexibility index (Phi) is 6.53. The zero-order valence-corrected chi connectivity index (χ0v) is 19.8. The molecule has 170 valence electrons. The Hall–Kier alpha value is -2.70. The zero-order valence-electron chi connectivity index (χ0n) is 19.8. The molecular formula is C24H35N3O4. The first-order valence-corrected chi connectivity index (χ1v) is 10.9. The number of hydrogen-bond acceptors (Lipinski definition) is 4. The monoisotopic (exact) mass is 429 g/mol. The summed E-state index contributed by atoms with van der Waals surface area (Å²) in [4.78, 5) is 30.8. The van der Waals surface area contributed by atoms with E-state index in [-0.39, 0.29) is 17.9 Å². The van der Waals surface area contributed by atoms with Crippen molar-refractivity contribution >= 4 is 11.9 Å². The van der Waals surface area contributed by atoms with Crippen molar-refractivity contribution in [3.05, 3.63) is 35.0 Å². The summed E-state index contributed by atoms with van der Waals surface area (Å²) in [7, 11) is 5.11. The molecule has 1 saturated heterocycles. The molecule has 0 N–H and O–H groups in total. The van der Waals surface area contributed by atoms with E-state index in [9.17, 15) is 9.59 Å². The Bertz CT molecular complexity index is 897. The number of likely N-dealkylation sites (N-methyl/N-ethyl adjacent to an activating group) is 1. The van der Waals surface area contributed by atoms with Crippen molar-refractivity contribution in [2.45, 2.75) is 52.6 Å². The summed E-state index contributed by atoms with van der Waals surface area (Å²) >= 11 is 0. The first-order chi connectivity index (χ1) is 14.7. The molecule has 0 spiro atoms. The van der Waals surface area contributed by atoms with Crippen LogP contribution < -0.4 is 9.47 Å². The van der Waals surface area contributed by atoms with Gasteiger partial charge in [0, 0.05) is 38.8 Å². The molecule has 2 atom stereocenters. The van der Waals surface area contributed by atoms with Crippen LogP contribution in [-0.2, 0) is 17.8 Å². The third kappa shape index (κ3) is 4.10. The fraction of sp³-hybridized carbons (Fsp3) is 0.583. The average Bonchev–Trinajstić information content (AvgIpc) is 2.91. The summed E-state index contributed by atoms with van der Waals surface area (Å²) < 4.78 is 11.1. The van der Waals surface area contributed by atoms with Gasteiger partial charge in [-0.25, -0.2) is 4.79 Å². The maximum Gasteiger partial charge on any atom is 0.325 e. The van der Waals surface area contributed by atoms with Crippen LogP contribution >= 0.6 is 0 Å². The number of urea groups is 1. The second kappa shape index (κ2) is 8.81. The van der Waals surface area contributed by atoms with Crippen LogP contribution in [0.5, 0.6) is 11.5 Å². The number of carbonyl (C=O) groups excluding carboxylic acids is 2. The molecule has 31 heavy (non-hydrogen) atoms. The largest absolute Gasteiger partial charge is 0.497 e. The fourth-order valence-corrected chi connectivity index (χ4v) is 4.77. The molecule has 2 aliphatic rings. The molecule has 3 amide bonds. The first-order valence-electron chi connectivity index (χ1n) is 10.9. The van der Waals surface area contributed by atoms with Gasteiger partial charge in [0.05, 0.1) is 26.3 Å². The fourth-order valence-electron chi connectivity index (χ4n) is 4.77. The number of benzene rings is 1. The average molecular weight is 430 g/mol. The second-order valence-electron chi connectivity index (χ2n) is 8.78. The van der Waals surface area contributed by atoms with E-state index in [1.165, 1.54) is 0 Å². The third-order valence-electron chi connectivity index (χ3n) is 6.72. The molecule has 3 rings (SSSR count). The molecule has 0 saturated carbocycles. The number of fused-ring (bicyclic) bond motifs is 2. The molecule has 0 radical (unpaired) electrons. The highest BCUT2D eigenvalue weighted by molar-refractivity contribution is 5.82. The van der Waals surface area contributed by atoms with E-state index in [2.05, 4.69) is 19.9 Å². The van der Waals surface area contributed by atoms with Gasteiger partial charge in [-0.1, -0.05) is 13.0 Å². The number of methoxy groups -OCH3 is 2. The minimum Gasteiger partial charge on any atom is -0.497 e. The number of amides is 3. The summed E-state index contributed by atoms with van der Waals surface area (Å²) in [6, 6.07) is 3.92. The van der Waals surface area contributed by atoms with Crippen molar-refractivity contribution in [3.63, 3.8) is 0 Å². The molecule has 1 aromatic carbocycles. The van der Waals surface area contributed by atoms with E-state index in [1.54, 1.807) is 33.1 Å². The maximum atomic E-state index is 13.5. The Labute approximate surface area is 185 Å². The highest BCUT2D eigenvalue weighted by Gasteiger charge is 2.50. The smallest absolute Gasteiger partial charge is 0.325 e. The SMILES string of the molecule is CCN1C(=O)N2Cc3cc(OC)cc(OC)c3C[C@@H](C)/C=C\2C1(C)CCN(C)C(C)=O. The number of hydrogen-bond donors (Lipinski definition) is 0. The van der Waals surface area contributed by atoms with Gasteiger partial charge in [0.2, 0.25) is 5.91 Å². The van der Waals surface area contributed by atoms with Crippen molar-refractivity contribution in [1.82, 2.24) is 14.7 Å². The number of rotatable bonds is 6. The minimum atomic E-state index is -0.468.